The van der Waals surface area contributed by atoms with Crippen LogP contribution in [0.15, 0.2) is 82.2 Å². The number of hydrogen-bond acceptors (Lipinski definition) is 5. The first-order valence-corrected chi connectivity index (χ1v) is 16.2. The van der Waals surface area contributed by atoms with Gasteiger partial charge in [0.2, 0.25) is 11.8 Å². The van der Waals surface area contributed by atoms with Crippen molar-refractivity contribution in [2.24, 2.45) is 0 Å². The van der Waals surface area contributed by atoms with E-state index >= 15 is 0 Å². The van der Waals surface area contributed by atoms with Gasteiger partial charge >= 0.3 is 0 Å². The van der Waals surface area contributed by atoms with Crippen LogP contribution in [0.4, 0.5) is 10.1 Å². The summed E-state index contributed by atoms with van der Waals surface area (Å²) in [5, 5.41) is 3.05. The standard InChI is InChI=1S/C31H35BrFN3O5S/c1-3-41-28-15-17-29(18-16-28)42(39,40)36(27-13-11-25(33)12-14-27)21-30(37)35(20-23-7-6-8-24(32)19-23)22(2)31(38)34-26-9-4-5-10-26/h6-8,11-19,22,26H,3-5,9-10,20-21H2,1-2H3,(H,34,38). The first kappa shape index (κ1) is 31.5. The van der Waals surface area contributed by atoms with Crippen molar-refractivity contribution in [2.75, 3.05) is 17.5 Å². The monoisotopic (exact) mass is 659 g/mol. The van der Waals surface area contributed by atoms with Crippen LogP contribution in [0.3, 0.4) is 0 Å². The van der Waals surface area contributed by atoms with E-state index in [0.717, 1.165) is 52.2 Å². The maximum atomic E-state index is 14.0. The van der Waals surface area contributed by atoms with Gasteiger partial charge in [-0.1, -0.05) is 40.9 Å². The summed E-state index contributed by atoms with van der Waals surface area (Å²) in [6.07, 6.45) is 3.85. The normalized spacial score (nSPS) is 14.3. The van der Waals surface area contributed by atoms with Gasteiger partial charge < -0.3 is 15.0 Å². The molecule has 0 radical (unpaired) electrons. The zero-order valence-electron chi connectivity index (χ0n) is 23.6. The number of carbonyl (C=O) groups excluding carboxylic acids is 2. The van der Waals surface area contributed by atoms with Crippen LogP contribution in [-0.2, 0) is 26.2 Å². The molecule has 0 aromatic heterocycles. The van der Waals surface area contributed by atoms with E-state index in [9.17, 15) is 22.4 Å². The Hall–Kier alpha value is -3.44. The average molecular weight is 661 g/mol. The molecule has 1 aliphatic rings. The van der Waals surface area contributed by atoms with E-state index in [-0.39, 0.29) is 29.1 Å². The molecule has 3 aromatic rings. The van der Waals surface area contributed by atoms with Crippen molar-refractivity contribution in [1.82, 2.24) is 10.2 Å². The molecular formula is C31H35BrFN3O5S. The minimum Gasteiger partial charge on any atom is -0.494 e. The Morgan fingerprint density at radius 2 is 1.71 bits per heavy atom. The molecule has 1 N–H and O–H groups in total. The number of hydrogen-bond donors (Lipinski definition) is 1. The number of benzene rings is 3. The number of nitrogens with one attached hydrogen (secondary N) is 1. The van der Waals surface area contributed by atoms with Crippen LogP contribution >= 0.6 is 15.9 Å². The summed E-state index contributed by atoms with van der Waals surface area (Å²) in [6.45, 7) is 3.36. The van der Waals surface area contributed by atoms with Crippen LogP contribution in [0.5, 0.6) is 5.75 Å². The number of halogens is 2. The van der Waals surface area contributed by atoms with Crippen molar-refractivity contribution in [1.29, 1.82) is 0 Å². The van der Waals surface area contributed by atoms with Crippen molar-refractivity contribution >= 4 is 43.5 Å². The molecule has 0 heterocycles. The number of amides is 2. The molecule has 1 atom stereocenters. The summed E-state index contributed by atoms with van der Waals surface area (Å²) in [5.41, 5.74) is 0.880. The molecule has 8 nitrogen and oxygen atoms in total. The molecule has 1 unspecified atom stereocenters. The van der Waals surface area contributed by atoms with Gasteiger partial charge in [0, 0.05) is 17.1 Å². The Morgan fingerprint density at radius 3 is 2.33 bits per heavy atom. The van der Waals surface area contributed by atoms with Crippen molar-refractivity contribution in [2.45, 2.75) is 63.1 Å². The Balaban J connectivity index is 1.67. The predicted molar refractivity (Wildman–Crippen MR) is 163 cm³/mol. The van der Waals surface area contributed by atoms with Crippen LogP contribution in [0, 0.1) is 5.82 Å². The fourth-order valence-corrected chi connectivity index (χ4v) is 6.81. The third-order valence-electron chi connectivity index (χ3n) is 7.23. The second-order valence-electron chi connectivity index (χ2n) is 10.2. The third kappa shape index (κ3) is 7.89. The van der Waals surface area contributed by atoms with Crippen LogP contribution in [0.25, 0.3) is 0 Å². The Kier molecular flexibility index (Phi) is 10.6. The molecule has 3 aromatic carbocycles. The van der Waals surface area contributed by atoms with Gasteiger partial charge in [0.05, 0.1) is 17.2 Å². The average Bonchev–Trinajstić information content (AvgIpc) is 3.48. The largest absolute Gasteiger partial charge is 0.494 e. The minimum atomic E-state index is -4.27. The minimum absolute atomic E-state index is 0.0542. The summed E-state index contributed by atoms with van der Waals surface area (Å²) < 4.78 is 48.8. The summed E-state index contributed by atoms with van der Waals surface area (Å²) in [4.78, 5) is 28.6. The van der Waals surface area contributed by atoms with E-state index in [0.29, 0.717) is 12.4 Å². The highest BCUT2D eigenvalue weighted by Gasteiger charge is 2.33. The van der Waals surface area contributed by atoms with Crippen LogP contribution < -0.4 is 14.4 Å². The van der Waals surface area contributed by atoms with Gasteiger partial charge in [-0.15, -0.1) is 0 Å². The SMILES string of the molecule is CCOc1ccc(S(=O)(=O)N(CC(=O)N(Cc2cccc(Br)c2)C(C)C(=O)NC2CCCC2)c2ccc(F)cc2)cc1. The van der Waals surface area contributed by atoms with Gasteiger partial charge in [-0.25, -0.2) is 12.8 Å². The van der Waals surface area contributed by atoms with E-state index in [4.69, 9.17) is 4.74 Å². The number of carbonyl (C=O) groups is 2. The molecule has 1 fully saturated rings. The van der Waals surface area contributed by atoms with Crippen LogP contribution in [0.2, 0.25) is 0 Å². The van der Waals surface area contributed by atoms with E-state index < -0.39 is 34.3 Å². The van der Waals surface area contributed by atoms with Gasteiger partial charge in [-0.3, -0.25) is 13.9 Å². The van der Waals surface area contributed by atoms with E-state index in [1.807, 2.05) is 31.2 Å². The summed E-state index contributed by atoms with van der Waals surface area (Å²) in [5.74, 6) is -0.920. The molecule has 0 saturated heterocycles. The first-order chi connectivity index (χ1) is 20.1. The predicted octanol–water partition coefficient (Wildman–Crippen LogP) is 5.66. The van der Waals surface area contributed by atoms with Gasteiger partial charge in [0.15, 0.2) is 0 Å². The zero-order chi connectivity index (χ0) is 30.3. The lowest BCUT2D eigenvalue weighted by molar-refractivity contribution is -0.139. The summed E-state index contributed by atoms with van der Waals surface area (Å²) in [6, 6.07) is 17.3. The van der Waals surface area contributed by atoms with Crippen molar-refractivity contribution in [3.63, 3.8) is 0 Å². The molecule has 1 saturated carbocycles. The highest BCUT2D eigenvalue weighted by Crippen LogP contribution is 2.27. The molecule has 42 heavy (non-hydrogen) atoms. The van der Waals surface area contributed by atoms with Gasteiger partial charge in [0.1, 0.15) is 24.2 Å². The van der Waals surface area contributed by atoms with E-state index in [2.05, 4.69) is 21.2 Å². The zero-order valence-corrected chi connectivity index (χ0v) is 26.0. The molecular weight excluding hydrogens is 625 g/mol. The fourth-order valence-electron chi connectivity index (χ4n) is 4.94. The maximum Gasteiger partial charge on any atom is 0.264 e. The molecule has 1 aliphatic carbocycles. The number of nitrogens with zero attached hydrogens (tertiary/aromatic N) is 2. The van der Waals surface area contributed by atoms with E-state index in [1.54, 1.807) is 6.92 Å². The topological polar surface area (TPSA) is 96.0 Å². The first-order valence-electron chi connectivity index (χ1n) is 13.9. The maximum absolute atomic E-state index is 14.0. The highest BCUT2D eigenvalue weighted by molar-refractivity contribution is 9.10. The molecule has 2 amide bonds. The highest BCUT2D eigenvalue weighted by atomic mass is 79.9. The molecule has 0 aliphatic heterocycles. The molecule has 0 bridgehead atoms. The molecule has 11 heteroatoms. The van der Waals surface area contributed by atoms with Crippen molar-refractivity contribution < 1.29 is 27.1 Å². The Bertz CT molecular complexity index is 1480. The number of anilines is 1. The molecule has 4 rings (SSSR count). The Morgan fingerprint density at radius 1 is 1.05 bits per heavy atom. The van der Waals surface area contributed by atoms with Gasteiger partial charge in [-0.2, -0.15) is 0 Å². The molecule has 224 valence electrons. The second kappa shape index (κ2) is 14.2. The number of ether oxygens (including phenoxy) is 1. The lowest BCUT2D eigenvalue weighted by Gasteiger charge is -2.32. The van der Waals surface area contributed by atoms with Crippen molar-refractivity contribution in [3.05, 3.63) is 88.6 Å². The van der Waals surface area contributed by atoms with Gasteiger partial charge in [-0.05, 0) is 92.9 Å². The fraction of sp³-hybridized carbons (Fsp3) is 0.355. The van der Waals surface area contributed by atoms with Crippen molar-refractivity contribution in [3.8, 4) is 5.75 Å². The third-order valence-corrected chi connectivity index (χ3v) is 9.51. The quantitative estimate of drug-likeness (QED) is 0.271. The Labute approximate surface area is 255 Å². The lowest BCUT2D eigenvalue weighted by Crippen LogP contribution is -2.52. The summed E-state index contributed by atoms with van der Waals surface area (Å²) >= 11 is 3.45. The van der Waals surface area contributed by atoms with Gasteiger partial charge in [0.25, 0.3) is 10.0 Å². The van der Waals surface area contributed by atoms with E-state index in [1.165, 1.54) is 41.3 Å². The molecule has 0 spiro atoms. The van der Waals surface area contributed by atoms with Crippen LogP contribution in [-0.4, -0.2) is 50.4 Å². The smallest absolute Gasteiger partial charge is 0.264 e. The number of rotatable bonds is 12. The second-order valence-corrected chi connectivity index (χ2v) is 13.0. The lowest BCUT2D eigenvalue weighted by atomic mass is 10.1. The summed E-state index contributed by atoms with van der Waals surface area (Å²) in [7, 11) is -4.27. The van der Waals surface area contributed by atoms with Crippen LogP contribution in [0.1, 0.15) is 45.1 Å². The number of sulfonamides is 1.